The number of aromatic amines is 1. The molecule has 1 aliphatic rings. The lowest BCUT2D eigenvalue weighted by molar-refractivity contribution is 0.0978. The average molecular weight is 302 g/mol. The highest BCUT2D eigenvalue weighted by Crippen LogP contribution is 2.34. The lowest BCUT2D eigenvalue weighted by atomic mass is 9.96. The fourth-order valence-electron chi connectivity index (χ4n) is 2.19. The number of thioether (sulfide) groups is 1. The van der Waals surface area contributed by atoms with Gasteiger partial charge in [-0.15, -0.1) is 16.9 Å². The van der Waals surface area contributed by atoms with Gasteiger partial charge < -0.3 is 4.90 Å². The van der Waals surface area contributed by atoms with E-state index in [1.807, 2.05) is 45.0 Å². The summed E-state index contributed by atoms with van der Waals surface area (Å²) in [5, 5.41) is 6.97. The van der Waals surface area contributed by atoms with E-state index in [1.54, 1.807) is 16.7 Å². The molecule has 1 aliphatic heterocycles. The van der Waals surface area contributed by atoms with Gasteiger partial charge in [-0.1, -0.05) is 32.9 Å². The first kappa shape index (κ1) is 14.1. The normalized spacial score (nSPS) is 14.9. The fraction of sp³-hybridized carbons (Fsp3) is 0.400. The molecule has 0 unspecified atom stereocenters. The number of carbonyl (C=O) groups is 1. The van der Waals surface area contributed by atoms with Gasteiger partial charge in [0.05, 0.1) is 5.69 Å². The molecule has 1 N–H and O–H groups in total. The van der Waals surface area contributed by atoms with Gasteiger partial charge in [0.15, 0.2) is 0 Å². The molecule has 1 amide bonds. The van der Waals surface area contributed by atoms with Gasteiger partial charge >= 0.3 is 0 Å². The van der Waals surface area contributed by atoms with Gasteiger partial charge in [-0.2, -0.15) is 0 Å². The Labute approximate surface area is 128 Å². The third kappa shape index (κ3) is 2.68. The Morgan fingerprint density at radius 2 is 2.10 bits per heavy atom. The summed E-state index contributed by atoms with van der Waals surface area (Å²) >= 11 is 1.77. The van der Waals surface area contributed by atoms with Crippen molar-refractivity contribution in [3.05, 3.63) is 35.9 Å². The zero-order valence-corrected chi connectivity index (χ0v) is 13.2. The minimum atomic E-state index is -0.152. The van der Waals surface area contributed by atoms with Crippen molar-refractivity contribution in [2.45, 2.75) is 31.1 Å². The number of hydrogen-bond donors (Lipinski definition) is 1. The fourth-order valence-corrected chi connectivity index (χ4v) is 3.19. The Kier molecular flexibility index (Phi) is 3.49. The van der Waals surface area contributed by atoms with Crippen LogP contribution in [0.2, 0.25) is 0 Å². The number of carbonyl (C=O) groups excluding carboxylic acids is 1. The second-order valence-corrected chi connectivity index (χ2v) is 7.17. The van der Waals surface area contributed by atoms with Crippen molar-refractivity contribution >= 4 is 23.4 Å². The van der Waals surface area contributed by atoms with Crippen molar-refractivity contribution in [3.63, 3.8) is 0 Å². The van der Waals surface area contributed by atoms with Crippen LogP contribution in [0, 0.1) is 0 Å². The standard InChI is InChI=1S/C15H18N4OS/c1-15(2,3)14-16-12(17-18-14)13(20)19-8-9-21-11-7-5-4-6-10(11)19/h4-7H,8-9H2,1-3H3,(H,16,17,18). The summed E-state index contributed by atoms with van der Waals surface area (Å²) in [6.07, 6.45) is 0. The van der Waals surface area contributed by atoms with Crippen molar-refractivity contribution < 1.29 is 4.79 Å². The first-order chi connectivity index (χ1) is 9.97. The predicted octanol–water partition coefficient (Wildman–Crippen LogP) is 2.85. The molecule has 0 aliphatic carbocycles. The first-order valence-corrected chi connectivity index (χ1v) is 7.92. The minimum absolute atomic E-state index is 0.144. The molecule has 0 saturated carbocycles. The molecule has 21 heavy (non-hydrogen) atoms. The molecule has 3 rings (SSSR count). The highest BCUT2D eigenvalue weighted by Gasteiger charge is 2.28. The molecule has 1 aromatic carbocycles. The summed E-state index contributed by atoms with van der Waals surface area (Å²) in [7, 11) is 0. The molecule has 2 aromatic rings. The molecule has 0 saturated heterocycles. The van der Waals surface area contributed by atoms with Crippen LogP contribution in [0.15, 0.2) is 29.2 Å². The monoisotopic (exact) mass is 302 g/mol. The topological polar surface area (TPSA) is 61.9 Å². The van der Waals surface area contributed by atoms with Crippen molar-refractivity contribution in [3.8, 4) is 0 Å². The van der Waals surface area contributed by atoms with Crippen LogP contribution >= 0.6 is 11.8 Å². The number of para-hydroxylation sites is 1. The van der Waals surface area contributed by atoms with Gasteiger partial charge in [-0.3, -0.25) is 9.89 Å². The lowest BCUT2D eigenvalue weighted by Crippen LogP contribution is -2.36. The quantitative estimate of drug-likeness (QED) is 0.880. The molecular weight excluding hydrogens is 284 g/mol. The molecule has 110 valence electrons. The number of rotatable bonds is 1. The third-order valence-corrected chi connectivity index (χ3v) is 4.40. The van der Waals surface area contributed by atoms with Crippen molar-refractivity contribution in [2.75, 3.05) is 17.2 Å². The van der Waals surface area contributed by atoms with E-state index in [9.17, 15) is 4.79 Å². The average Bonchev–Trinajstić information content (AvgIpc) is 2.96. The van der Waals surface area contributed by atoms with E-state index in [2.05, 4.69) is 15.2 Å². The highest BCUT2D eigenvalue weighted by molar-refractivity contribution is 7.99. The zero-order chi connectivity index (χ0) is 15.0. The Morgan fingerprint density at radius 1 is 1.33 bits per heavy atom. The summed E-state index contributed by atoms with van der Waals surface area (Å²) in [4.78, 5) is 19.9. The van der Waals surface area contributed by atoms with Gasteiger partial charge in [-0.25, -0.2) is 4.98 Å². The third-order valence-electron chi connectivity index (χ3n) is 3.36. The SMILES string of the molecule is CC(C)(C)c1nc(C(=O)N2CCSc3ccccc32)n[nH]1. The minimum Gasteiger partial charge on any atom is -0.304 e. The number of nitrogens with one attached hydrogen (secondary N) is 1. The molecule has 2 heterocycles. The van der Waals surface area contributed by atoms with Crippen molar-refractivity contribution in [1.82, 2.24) is 15.2 Å². The van der Waals surface area contributed by atoms with E-state index in [0.717, 1.165) is 22.2 Å². The number of nitrogens with zero attached hydrogens (tertiary/aromatic N) is 3. The molecule has 0 atom stereocenters. The number of benzene rings is 1. The molecular formula is C15H18N4OS. The van der Waals surface area contributed by atoms with E-state index >= 15 is 0 Å². The number of amides is 1. The second-order valence-electron chi connectivity index (χ2n) is 6.03. The maximum absolute atomic E-state index is 12.7. The van der Waals surface area contributed by atoms with Gasteiger partial charge in [0, 0.05) is 22.6 Å². The Balaban J connectivity index is 1.92. The van der Waals surface area contributed by atoms with E-state index in [4.69, 9.17) is 0 Å². The summed E-state index contributed by atoms with van der Waals surface area (Å²) in [5.74, 6) is 1.71. The molecule has 0 fully saturated rings. The van der Waals surface area contributed by atoms with E-state index < -0.39 is 0 Å². The number of hydrogen-bond acceptors (Lipinski definition) is 4. The zero-order valence-electron chi connectivity index (χ0n) is 12.4. The van der Waals surface area contributed by atoms with Gasteiger partial charge in [0.2, 0.25) is 5.82 Å². The first-order valence-electron chi connectivity index (χ1n) is 6.93. The van der Waals surface area contributed by atoms with Crippen LogP contribution in [0.5, 0.6) is 0 Å². The number of fused-ring (bicyclic) bond motifs is 1. The Morgan fingerprint density at radius 3 is 2.81 bits per heavy atom. The number of anilines is 1. The Hall–Kier alpha value is -1.82. The van der Waals surface area contributed by atoms with E-state index in [-0.39, 0.29) is 17.1 Å². The van der Waals surface area contributed by atoms with Crippen LogP contribution in [0.3, 0.4) is 0 Å². The smallest absolute Gasteiger partial charge is 0.297 e. The molecule has 0 spiro atoms. The van der Waals surface area contributed by atoms with Crippen LogP contribution in [0.4, 0.5) is 5.69 Å². The van der Waals surface area contributed by atoms with Crippen molar-refractivity contribution in [2.24, 2.45) is 0 Å². The number of aromatic nitrogens is 3. The van der Waals surface area contributed by atoms with Crippen LogP contribution in [-0.4, -0.2) is 33.4 Å². The summed E-state index contributed by atoms with van der Waals surface area (Å²) in [6, 6.07) is 7.95. The maximum atomic E-state index is 12.7. The van der Waals surface area contributed by atoms with Gasteiger partial charge in [-0.05, 0) is 12.1 Å². The molecule has 6 heteroatoms. The lowest BCUT2D eigenvalue weighted by Gasteiger charge is -2.27. The highest BCUT2D eigenvalue weighted by atomic mass is 32.2. The maximum Gasteiger partial charge on any atom is 0.297 e. The molecule has 0 radical (unpaired) electrons. The summed E-state index contributed by atoms with van der Waals surface area (Å²) in [6.45, 7) is 6.79. The summed E-state index contributed by atoms with van der Waals surface area (Å²) in [5.41, 5.74) is 0.794. The van der Waals surface area contributed by atoms with Gasteiger partial charge in [0.1, 0.15) is 5.82 Å². The Bertz CT molecular complexity index is 674. The number of H-pyrrole nitrogens is 1. The molecule has 0 bridgehead atoms. The van der Waals surface area contributed by atoms with Crippen LogP contribution in [0.25, 0.3) is 0 Å². The van der Waals surface area contributed by atoms with E-state index in [0.29, 0.717) is 6.54 Å². The van der Waals surface area contributed by atoms with E-state index in [1.165, 1.54) is 0 Å². The molecule has 5 nitrogen and oxygen atoms in total. The largest absolute Gasteiger partial charge is 0.304 e. The predicted molar refractivity (Wildman–Crippen MR) is 83.9 cm³/mol. The van der Waals surface area contributed by atoms with Crippen LogP contribution in [0.1, 0.15) is 37.2 Å². The van der Waals surface area contributed by atoms with Crippen LogP contribution < -0.4 is 4.90 Å². The van der Waals surface area contributed by atoms with Gasteiger partial charge in [0.25, 0.3) is 5.91 Å². The van der Waals surface area contributed by atoms with Crippen LogP contribution in [-0.2, 0) is 5.41 Å². The second kappa shape index (κ2) is 5.18. The summed E-state index contributed by atoms with van der Waals surface area (Å²) < 4.78 is 0. The van der Waals surface area contributed by atoms with Crippen molar-refractivity contribution in [1.29, 1.82) is 0 Å². The molecule has 1 aromatic heterocycles.